The van der Waals surface area contributed by atoms with Gasteiger partial charge >= 0.3 is 0 Å². The van der Waals surface area contributed by atoms with Crippen molar-refractivity contribution in [2.24, 2.45) is 0 Å². The molecule has 3 aromatic heterocycles. The minimum Gasteiger partial charge on any atom is -0.351 e. The first-order valence-corrected chi connectivity index (χ1v) is 10.3. The topological polar surface area (TPSA) is 54.8 Å². The van der Waals surface area contributed by atoms with E-state index in [4.69, 9.17) is 4.98 Å². The molecule has 5 nitrogen and oxygen atoms in total. The molecule has 1 fully saturated rings. The molecule has 4 aromatic rings. The quantitative estimate of drug-likeness (QED) is 0.503. The number of fused-ring (bicyclic) bond motifs is 2. The smallest absolute Gasteiger partial charge is 0.140 e. The van der Waals surface area contributed by atoms with E-state index in [9.17, 15) is 4.39 Å². The number of nitrogens with zero attached hydrogens (tertiary/aromatic N) is 5. The van der Waals surface area contributed by atoms with Gasteiger partial charge < -0.3 is 4.90 Å². The summed E-state index contributed by atoms with van der Waals surface area (Å²) in [5, 5.41) is 0.741. The largest absolute Gasteiger partial charge is 0.351 e. The molecule has 0 bridgehead atoms. The Hall–Kier alpha value is -3.41. The van der Waals surface area contributed by atoms with Gasteiger partial charge in [-0.05, 0) is 48.7 Å². The summed E-state index contributed by atoms with van der Waals surface area (Å²) >= 11 is 0. The van der Waals surface area contributed by atoms with E-state index in [1.54, 1.807) is 12.4 Å². The van der Waals surface area contributed by atoms with Crippen molar-refractivity contribution >= 4 is 16.7 Å². The number of hydrogen-bond acceptors (Lipinski definition) is 5. The number of hydrogen-bond donors (Lipinski definition) is 0. The van der Waals surface area contributed by atoms with Crippen LogP contribution in [0.1, 0.15) is 35.7 Å². The first-order valence-electron chi connectivity index (χ1n) is 10.3. The van der Waals surface area contributed by atoms with Crippen LogP contribution in [0.3, 0.4) is 0 Å². The maximum absolute atomic E-state index is 13.9. The number of halogens is 1. The van der Waals surface area contributed by atoms with E-state index in [-0.39, 0.29) is 5.82 Å². The highest BCUT2D eigenvalue weighted by atomic mass is 19.1. The van der Waals surface area contributed by atoms with Crippen molar-refractivity contribution in [2.75, 3.05) is 11.4 Å². The van der Waals surface area contributed by atoms with E-state index in [0.29, 0.717) is 12.5 Å². The molecule has 0 saturated heterocycles. The van der Waals surface area contributed by atoms with Gasteiger partial charge in [0.1, 0.15) is 18.0 Å². The number of benzene rings is 1. The molecule has 1 aromatic carbocycles. The van der Waals surface area contributed by atoms with Crippen molar-refractivity contribution in [1.29, 1.82) is 0 Å². The van der Waals surface area contributed by atoms with Gasteiger partial charge in [0.2, 0.25) is 0 Å². The zero-order valence-electron chi connectivity index (χ0n) is 16.4. The lowest BCUT2D eigenvalue weighted by atomic mass is 10.0. The fourth-order valence-corrected chi connectivity index (χ4v) is 4.23. The van der Waals surface area contributed by atoms with E-state index in [1.807, 2.05) is 12.4 Å². The lowest BCUT2D eigenvalue weighted by Gasteiger charge is -2.30. The Kier molecular flexibility index (Phi) is 3.97. The minimum atomic E-state index is -0.276. The molecule has 6 heteroatoms. The predicted octanol–water partition coefficient (Wildman–Crippen LogP) is 4.67. The molecular weight excluding hydrogens is 377 g/mol. The normalized spacial score (nSPS) is 16.0. The second-order valence-corrected chi connectivity index (χ2v) is 8.11. The van der Waals surface area contributed by atoms with Crippen molar-refractivity contribution in [2.45, 2.75) is 31.7 Å². The van der Waals surface area contributed by atoms with Crippen LogP contribution in [-0.4, -0.2) is 26.5 Å². The highest BCUT2D eigenvalue weighted by molar-refractivity contribution is 5.89. The molecular formula is C24H20FN5. The number of aromatic nitrogens is 4. The third kappa shape index (κ3) is 3.09. The summed E-state index contributed by atoms with van der Waals surface area (Å²) in [6.07, 6.45) is 8.78. The zero-order chi connectivity index (χ0) is 20.1. The summed E-state index contributed by atoms with van der Waals surface area (Å²) in [6, 6.07) is 11.1. The summed E-state index contributed by atoms with van der Waals surface area (Å²) in [4.78, 5) is 20.3. The van der Waals surface area contributed by atoms with E-state index < -0.39 is 0 Å². The Morgan fingerprint density at radius 3 is 2.63 bits per heavy atom. The predicted molar refractivity (Wildman–Crippen MR) is 114 cm³/mol. The summed E-state index contributed by atoms with van der Waals surface area (Å²) in [6.45, 7) is 1.48. The van der Waals surface area contributed by atoms with Crippen molar-refractivity contribution in [3.8, 4) is 11.1 Å². The molecule has 0 amide bonds. The third-order valence-electron chi connectivity index (χ3n) is 6.03. The van der Waals surface area contributed by atoms with Crippen LogP contribution >= 0.6 is 0 Å². The third-order valence-corrected chi connectivity index (χ3v) is 6.03. The standard InChI is InChI=1S/C24H20FN5/c25-19-4-6-23-20(10-19)24(29-14-28-23)30-8-7-22-18(13-30)9-17(12-27-22)16-3-5-21(26-11-16)15-1-2-15/h3-6,9-12,14-15H,1-2,7-8,13H2. The van der Waals surface area contributed by atoms with Crippen LogP contribution in [0.25, 0.3) is 22.0 Å². The lowest BCUT2D eigenvalue weighted by Crippen LogP contribution is -2.31. The van der Waals surface area contributed by atoms with Gasteiger partial charge in [-0.1, -0.05) is 6.07 Å². The van der Waals surface area contributed by atoms with Crippen molar-refractivity contribution in [3.05, 3.63) is 77.9 Å². The van der Waals surface area contributed by atoms with Gasteiger partial charge in [0.25, 0.3) is 0 Å². The molecule has 0 spiro atoms. The maximum atomic E-state index is 13.9. The van der Waals surface area contributed by atoms with Crippen molar-refractivity contribution in [3.63, 3.8) is 0 Å². The van der Waals surface area contributed by atoms with Gasteiger partial charge in [-0.15, -0.1) is 0 Å². The molecule has 1 saturated carbocycles. The Morgan fingerprint density at radius 2 is 1.80 bits per heavy atom. The van der Waals surface area contributed by atoms with Gasteiger partial charge in [0, 0.05) is 65.7 Å². The number of anilines is 1. The molecule has 4 heterocycles. The molecule has 0 radical (unpaired) electrons. The van der Waals surface area contributed by atoms with Crippen LogP contribution in [-0.2, 0) is 13.0 Å². The molecule has 30 heavy (non-hydrogen) atoms. The SMILES string of the molecule is Fc1ccc2ncnc(N3CCc4ncc(-c5ccc(C6CC6)nc5)cc4C3)c2c1. The van der Waals surface area contributed by atoms with Gasteiger partial charge in [0.05, 0.1) is 5.52 Å². The summed E-state index contributed by atoms with van der Waals surface area (Å²) in [5.74, 6) is 1.15. The van der Waals surface area contributed by atoms with Crippen molar-refractivity contribution in [1.82, 2.24) is 19.9 Å². The van der Waals surface area contributed by atoms with Gasteiger partial charge in [-0.2, -0.15) is 0 Å². The van der Waals surface area contributed by atoms with Crippen molar-refractivity contribution < 1.29 is 4.39 Å². The maximum Gasteiger partial charge on any atom is 0.140 e. The Bertz CT molecular complexity index is 1250. The number of rotatable bonds is 3. The van der Waals surface area contributed by atoms with Crippen LogP contribution in [0.2, 0.25) is 0 Å². The molecule has 6 rings (SSSR count). The highest BCUT2D eigenvalue weighted by Gasteiger charge is 2.25. The molecule has 1 aliphatic carbocycles. The molecule has 0 atom stereocenters. The average Bonchev–Trinajstić information content (AvgIpc) is 3.63. The van der Waals surface area contributed by atoms with Crippen LogP contribution in [0.4, 0.5) is 10.2 Å². The molecule has 2 aliphatic rings. The first kappa shape index (κ1) is 17.4. The molecule has 1 aliphatic heterocycles. The molecule has 0 N–H and O–H groups in total. The Morgan fingerprint density at radius 1 is 0.900 bits per heavy atom. The summed E-state index contributed by atoms with van der Waals surface area (Å²) < 4.78 is 13.9. The second-order valence-electron chi connectivity index (χ2n) is 8.11. The van der Waals surface area contributed by atoms with Gasteiger partial charge in [0.15, 0.2) is 0 Å². The number of pyridine rings is 2. The van der Waals surface area contributed by atoms with Crippen LogP contribution < -0.4 is 4.90 Å². The van der Waals surface area contributed by atoms with E-state index >= 15 is 0 Å². The van der Waals surface area contributed by atoms with Crippen LogP contribution in [0.5, 0.6) is 0 Å². The van der Waals surface area contributed by atoms with E-state index in [0.717, 1.165) is 46.5 Å². The summed E-state index contributed by atoms with van der Waals surface area (Å²) in [5.41, 5.74) is 6.39. The zero-order valence-corrected chi connectivity index (χ0v) is 16.4. The highest BCUT2D eigenvalue weighted by Crippen LogP contribution is 2.39. The summed E-state index contributed by atoms with van der Waals surface area (Å²) in [7, 11) is 0. The average molecular weight is 397 g/mol. The molecule has 0 unspecified atom stereocenters. The fraction of sp³-hybridized carbons (Fsp3) is 0.250. The van der Waals surface area contributed by atoms with Crippen LogP contribution in [0.15, 0.2) is 55.1 Å². The van der Waals surface area contributed by atoms with Crippen LogP contribution in [0, 0.1) is 5.82 Å². The van der Waals surface area contributed by atoms with Gasteiger partial charge in [-0.3, -0.25) is 9.97 Å². The van der Waals surface area contributed by atoms with Gasteiger partial charge in [-0.25, -0.2) is 14.4 Å². The molecule has 148 valence electrons. The van der Waals surface area contributed by atoms with E-state index in [1.165, 1.54) is 36.2 Å². The lowest BCUT2D eigenvalue weighted by molar-refractivity contribution is 0.629. The Labute approximate surface area is 173 Å². The minimum absolute atomic E-state index is 0.276. The monoisotopic (exact) mass is 397 g/mol. The second kappa shape index (κ2) is 6.83. The fourth-order valence-electron chi connectivity index (χ4n) is 4.23. The first-order chi connectivity index (χ1) is 14.7. The van der Waals surface area contributed by atoms with E-state index in [2.05, 4.69) is 38.1 Å². The Balaban J connectivity index is 1.33.